The molecule has 0 heterocycles. The number of hydrogen-bond donors (Lipinski definition) is 0. The van der Waals surface area contributed by atoms with Crippen LogP contribution in [0.3, 0.4) is 0 Å². The summed E-state index contributed by atoms with van der Waals surface area (Å²) in [5.74, 6) is 7.26. The Morgan fingerprint density at radius 1 is 0.929 bits per heavy atom. The molecule has 0 saturated heterocycles. The Kier molecular flexibility index (Phi) is 10.3. The topological polar surface area (TPSA) is 0 Å². The zero-order valence-corrected chi connectivity index (χ0v) is 10.2. The van der Waals surface area contributed by atoms with Crippen LogP contribution in [0.25, 0.3) is 0 Å². The van der Waals surface area contributed by atoms with Crippen LogP contribution in [0.5, 0.6) is 0 Å². The molecule has 0 fully saturated rings. The minimum Gasteiger partial charge on any atom is -0.103 e. The van der Waals surface area contributed by atoms with Gasteiger partial charge in [0.15, 0.2) is 0 Å². The Labute approximate surface area is 90.5 Å². The van der Waals surface area contributed by atoms with Gasteiger partial charge in [-0.15, -0.1) is 11.8 Å². The summed E-state index contributed by atoms with van der Waals surface area (Å²) in [7, 11) is 0. The lowest BCUT2D eigenvalue weighted by molar-refractivity contribution is 0.612. The fraction of sp³-hybridized carbons (Fsp3) is 0.857. The smallest absolute Gasteiger partial charge is 0.0174 e. The Morgan fingerprint density at radius 3 is 2.29 bits per heavy atom. The average Bonchev–Trinajstić information content (AvgIpc) is 2.20. The lowest BCUT2D eigenvalue weighted by Crippen LogP contribution is -1.89. The molecule has 0 rings (SSSR count). The number of unbranched alkanes of at least 4 members (excludes halogenated alkanes) is 5. The second-order valence-electron chi connectivity index (χ2n) is 4.18. The highest BCUT2D eigenvalue weighted by Crippen LogP contribution is 2.06. The molecule has 0 aromatic heterocycles. The second kappa shape index (κ2) is 10.6. The van der Waals surface area contributed by atoms with E-state index >= 15 is 0 Å². The SMILES string of the molecule is CCCCCCC#CC(C)CCCC. The van der Waals surface area contributed by atoms with Crippen LogP contribution in [0.15, 0.2) is 0 Å². The van der Waals surface area contributed by atoms with E-state index in [1.807, 2.05) is 0 Å². The molecular formula is C14H26. The van der Waals surface area contributed by atoms with Gasteiger partial charge in [0, 0.05) is 12.3 Å². The van der Waals surface area contributed by atoms with Crippen molar-refractivity contribution in [3.63, 3.8) is 0 Å². The van der Waals surface area contributed by atoms with E-state index in [1.165, 1.54) is 44.9 Å². The van der Waals surface area contributed by atoms with Gasteiger partial charge < -0.3 is 0 Å². The fourth-order valence-corrected chi connectivity index (χ4v) is 1.47. The van der Waals surface area contributed by atoms with Crippen molar-refractivity contribution in [1.82, 2.24) is 0 Å². The van der Waals surface area contributed by atoms with E-state index in [1.54, 1.807) is 0 Å². The molecule has 0 aromatic carbocycles. The van der Waals surface area contributed by atoms with Crippen LogP contribution < -0.4 is 0 Å². The van der Waals surface area contributed by atoms with E-state index in [2.05, 4.69) is 32.6 Å². The molecule has 0 aliphatic carbocycles. The molecule has 0 heteroatoms. The van der Waals surface area contributed by atoms with Gasteiger partial charge in [-0.2, -0.15) is 0 Å². The molecular weight excluding hydrogens is 168 g/mol. The number of hydrogen-bond acceptors (Lipinski definition) is 0. The summed E-state index contributed by atoms with van der Waals surface area (Å²) in [6.07, 6.45) is 10.3. The van der Waals surface area contributed by atoms with E-state index in [0.29, 0.717) is 5.92 Å². The van der Waals surface area contributed by atoms with E-state index in [-0.39, 0.29) is 0 Å². The predicted molar refractivity (Wildman–Crippen MR) is 65.2 cm³/mol. The second-order valence-corrected chi connectivity index (χ2v) is 4.18. The Morgan fingerprint density at radius 2 is 1.64 bits per heavy atom. The van der Waals surface area contributed by atoms with Gasteiger partial charge >= 0.3 is 0 Å². The molecule has 0 radical (unpaired) electrons. The highest BCUT2D eigenvalue weighted by Gasteiger charge is 1.94. The third-order valence-corrected chi connectivity index (χ3v) is 2.49. The average molecular weight is 194 g/mol. The first-order chi connectivity index (χ1) is 6.81. The molecule has 0 amide bonds. The van der Waals surface area contributed by atoms with Crippen molar-refractivity contribution in [2.75, 3.05) is 0 Å². The molecule has 0 aliphatic heterocycles. The molecule has 0 saturated carbocycles. The first-order valence-corrected chi connectivity index (χ1v) is 6.29. The molecule has 0 nitrogen and oxygen atoms in total. The van der Waals surface area contributed by atoms with Crippen LogP contribution in [0.1, 0.15) is 72.1 Å². The maximum Gasteiger partial charge on any atom is 0.0174 e. The maximum atomic E-state index is 3.34. The van der Waals surface area contributed by atoms with Crippen LogP contribution in [-0.4, -0.2) is 0 Å². The molecule has 0 aromatic rings. The van der Waals surface area contributed by atoms with Gasteiger partial charge in [-0.05, 0) is 12.8 Å². The van der Waals surface area contributed by atoms with Crippen molar-refractivity contribution in [3.05, 3.63) is 0 Å². The lowest BCUT2D eigenvalue weighted by atomic mass is 10.0. The quantitative estimate of drug-likeness (QED) is 0.404. The molecule has 1 unspecified atom stereocenters. The predicted octanol–water partition coefficient (Wildman–Crippen LogP) is 4.79. The van der Waals surface area contributed by atoms with Crippen molar-refractivity contribution in [1.29, 1.82) is 0 Å². The molecule has 0 aliphatic rings. The summed E-state index contributed by atoms with van der Waals surface area (Å²) in [4.78, 5) is 0. The normalized spacial score (nSPS) is 11.9. The van der Waals surface area contributed by atoms with Gasteiger partial charge in [0.1, 0.15) is 0 Å². The minimum atomic E-state index is 0.612. The highest BCUT2D eigenvalue weighted by molar-refractivity contribution is 5.02. The van der Waals surface area contributed by atoms with Crippen LogP contribution in [0, 0.1) is 17.8 Å². The van der Waals surface area contributed by atoms with Crippen LogP contribution in [0.2, 0.25) is 0 Å². The van der Waals surface area contributed by atoms with Gasteiger partial charge in [0.05, 0.1) is 0 Å². The molecule has 0 N–H and O–H groups in total. The molecule has 0 spiro atoms. The molecule has 14 heavy (non-hydrogen) atoms. The summed E-state index contributed by atoms with van der Waals surface area (Å²) in [6, 6.07) is 0. The monoisotopic (exact) mass is 194 g/mol. The van der Waals surface area contributed by atoms with Crippen molar-refractivity contribution in [2.24, 2.45) is 5.92 Å². The third-order valence-electron chi connectivity index (χ3n) is 2.49. The van der Waals surface area contributed by atoms with Crippen LogP contribution in [-0.2, 0) is 0 Å². The molecule has 0 bridgehead atoms. The lowest BCUT2D eigenvalue weighted by Gasteiger charge is -2.00. The Balaban J connectivity index is 3.31. The standard InChI is InChI=1S/C14H26/c1-4-6-8-9-10-11-13-14(3)12-7-5-2/h14H,4-10,12H2,1-3H3. The van der Waals surface area contributed by atoms with Crippen LogP contribution >= 0.6 is 0 Å². The molecule has 1 atom stereocenters. The van der Waals surface area contributed by atoms with Crippen molar-refractivity contribution in [2.45, 2.75) is 72.1 Å². The van der Waals surface area contributed by atoms with Gasteiger partial charge in [0.2, 0.25) is 0 Å². The van der Waals surface area contributed by atoms with E-state index < -0.39 is 0 Å². The zero-order chi connectivity index (χ0) is 10.6. The number of rotatable bonds is 7. The van der Waals surface area contributed by atoms with Crippen molar-refractivity contribution < 1.29 is 0 Å². The highest BCUT2D eigenvalue weighted by atomic mass is 14.0. The van der Waals surface area contributed by atoms with Gasteiger partial charge in [0.25, 0.3) is 0 Å². The van der Waals surface area contributed by atoms with E-state index in [0.717, 1.165) is 6.42 Å². The van der Waals surface area contributed by atoms with Gasteiger partial charge in [-0.3, -0.25) is 0 Å². The summed E-state index contributed by atoms with van der Waals surface area (Å²) >= 11 is 0. The Bertz CT molecular complexity index is 159. The van der Waals surface area contributed by atoms with Crippen molar-refractivity contribution >= 4 is 0 Å². The third kappa shape index (κ3) is 9.65. The summed E-state index contributed by atoms with van der Waals surface area (Å²) in [6.45, 7) is 6.73. The minimum absolute atomic E-state index is 0.612. The van der Waals surface area contributed by atoms with E-state index in [9.17, 15) is 0 Å². The largest absolute Gasteiger partial charge is 0.103 e. The summed E-state index contributed by atoms with van der Waals surface area (Å²) < 4.78 is 0. The first-order valence-electron chi connectivity index (χ1n) is 6.29. The Hall–Kier alpha value is -0.440. The first kappa shape index (κ1) is 13.6. The van der Waals surface area contributed by atoms with Crippen molar-refractivity contribution in [3.8, 4) is 11.8 Å². The maximum absolute atomic E-state index is 3.34. The van der Waals surface area contributed by atoms with E-state index in [4.69, 9.17) is 0 Å². The summed E-state index contributed by atoms with van der Waals surface area (Å²) in [5.41, 5.74) is 0. The summed E-state index contributed by atoms with van der Waals surface area (Å²) in [5, 5.41) is 0. The fourth-order valence-electron chi connectivity index (χ4n) is 1.47. The van der Waals surface area contributed by atoms with Crippen LogP contribution in [0.4, 0.5) is 0 Å². The molecule has 82 valence electrons. The van der Waals surface area contributed by atoms with Gasteiger partial charge in [-0.1, -0.05) is 52.9 Å². The zero-order valence-electron chi connectivity index (χ0n) is 10.2. The van der Waals surface area contributed by atoms with Gasteiger partial charge in [-0.25, -0.2) is 0 Å².